The lowest BCUT2D eigenvalue weighted by molar-refractivity contribution is 0.483. The van der Waals surface area contributed by atoms with E-state index in [1.807, 2.05) is 0 Å². The Labute approximate surface area is 91.5 Å². The van der Waals surface area contributed by atoms with E-state index < -0.39 is 20.6 Å². The van der Waals surface area contributed by atoms with Gasteiger partial charge in [-0.1, -0.05) is 0 Å². The highest BCUT2D eigenvalue weighted by Crippen LogP contribution is 2.01. The molecule has 0 spiro atoms. The van der Waals surface area contributed by atoms with E-state index >= 15 is 0 Å². The molecule has 2 N–H and O–H groups in total. The summed E-state index contributed by atoms with van der Waals surface area (Å²) >= 11 is 0. The Bertz CT molecular complexity index is 535. The zero-order valence-electron chi connectivity index (χ0n) is 7.55. The fourth-order valence-corrected chi connectivity index (χ4v) is 1.62. The SMILES string of the molecule is O=S(=O)(O)N=C1C=CC(=NS(=O)(=O)O)C=C1. The van der Waals surface area contributed by atoms with Gasteiger partial charge in [-0.25, -0.2) is 0 Å². The first kappa shape index (κ1) is 12.7. The molecule has 0 radical (unpaired) electrons. The lowest BCUT2D eigenvalue weighted by atomic mass is 10.1. The molecule has 1 rings (SSSR count). The van der Waals surface area contributed by atoms with Crippen LogP contribution in [0.5, 0.6) is 0 Å². The summed E-state index contributed by atoms with van der Waals surface area (Å²) in [7, 11) is -9.00. The molecule has 0 amide bonds. The van der Waals surface area contributed by atoms with Crippen molar-refractivity contribution >= 4 is 32.0 Å². The molecule has 0 atom stereocenters. The van der Waals surface area contributed by atoms with Gasteiger partial charge in [-0.2, -0.15) is 16.8 Å². The summed E-state index contributed by atoms with van der Waals surface area (Å²) in [5.41, 5.74) is -0.200. The topological polar surface area (TPSA) is 133 Å². The second-order valence-electron chi connectivity index (χ2n) is 2.59. The molecule has 88 valence electrons. The van der Waals surface area contributed by atoms with E-state index in [-0.39, 0.29) is 11.4 Å². The molecule has 10 heteroatoms. The van der Waals surface area contributed by atoms with Crippen LogP contribution < -0.4 is 0 Å². The van der Waals surface area contributed by atoms with Crippen molar-refractivity contribution in [2.75, 3.05) is 0 Å². The average molecular weight is 266 g/mol. The van der Waals surface area contributed by atoms with Crippen LogP contribution in [0.4, 0.5) is 0 Å². The molecule has 0 aliphatic heterocycles. The lowest BCUT2D eigenvalue weighted by Gasteiger charge is -1.99. The maximum Gasteiger partial charge on any atom is 0.378 e. The monoisotopic (exact) mass is 266 g/mol. The molecule has 0 saturated heterocycles. The Balaban J connectivity index is 2.99. The molecule has 0 bridgehead atoms. The molecule has 8 nitrogen and oxygen atoms in total. The first-order valence-corrected chi connectivity index (χ1v) is 6.46. The van der Waals surface area contributed by atoms with E-state index in [2.05, 4.69) is 8.80 Å². The van der Waals surface area contributed by atoms with E-state index in [4.69, 9.17) is 9.11 Å². The summed E-state index contributed by atoms with van der Waals surface area (Å²) in [6, 6.07) is 0. The average Bonchev–Trinajstić information content (AvgIpc) is 2.03. The van der Waals surface area contributed by atoms with E-state index in [1.165, 1.54) is 0 Å². The Morgan fingerprint density at radius 1 is 0.750 bits per heavy atom. The molecule has 1 aliphatic rings. The van der Waals surface area contributed by atoms with Gasteiger partial charge in [0.05, 0.1) is 11.4 Å². The van der Waals surface area contributed by atoms with Crippen LogP contribution in [0, 0.1) is 0 Å². The van der Waals surface area contributed by atoms with Gasteiger partial charge < -0.3 is 0 Å². The summed E-state index contributed by atoms with van der Waals surface area (Å²) in [5.74, 6) is 0. The van der Waals surface area contributed by atoms with E-state index in [9.17, 15) is 16.8 Å². The Morgan fingerprint density at radius 3 is 1.19 bits per heavy atom. The third-order valence-corrected chi connectivity index (χ3v) is 2.17. The predicted octanol–water partition coefficient (Wildman–Crippen LogP) is -0.400. The Morgan fingerprint density at radius 2 is 1.00 bits per heavy atom. The van der Waals surface area contributed by atoms with Crippen molar-refractivity contribution in [3.63, 3.8) is 0 Å². The van der Waals surface area contributed by atoms with Crippen LogP contribution in [0.1, 0.15) is 0 Å². The summed E-state index contributed by atoms with van der Waals surface area (Å²) in [6.45, 7) is 0. The second kappa shape index (κ2) is 4.25. The zero-order chi connectivity index (χ0) is 12.4. The van der Waals surface area contributed by atoms with Gasteiger partial charge in [0.15, 0.2) is 0 Å². The molecule has 0 aromatic carbocycles. The maximum atomic E-state index is 10.3. The van der Waals surface area contributed by atoms with Gasteiger partial charge in [-0.3, -0.25) is 9.11 Å². The van der Waals surface area contributed by atoms with E-state index in [0.717, 1.165) is 24.3 Å². The molecule has 0 aromatic rings. The van der Waals surface area contributed by atoms with Gasteiger partial charge in [0, 0.05) is 0 Å². The molecule has 0 fully saturated rings. The third-order valence-electron chi connectivity index (χ3n) is 1.29. The van der Waals surface area contributed by atoms with Gasteiger partial charge in [-0.15, -0.1) is 8.80 Å². The van der Waals surface area contributed by atoms with Gasteiger partial charge in [0.2, 0.25) is 0 Å². The predicted molar refractivity (Wildman–Crippen MR) is 56.2 cm³/mol. The Kier molecular flexibility index (Phi) is 3.38. The van der Waals surface area contributed by atoms with Crippen LogP contribution in [-0.2, 0) is 20.6 Å². The molecular formula is C6H6N2O6S2. The number of nitrogens with zero attached hydrogens (tertiary/aromatic N) is 2. The van der Waals surface area contributed by atoms with Gasteiger partial charge in [0.25, 0.3) is 0 Å². The van der Waals surface area contributed by atoms with Crippen molar-refractivity contribution in [3.8, 4) is 0 Å². The number of rotatable bonds is 2. The van der Waals surface area contributed by atoms with Crippen LogP contribution >= 0.6 is 0 Å². The van der Waals surface area contributed by atoms with E-state index in [0.29, 0.717) is 0 Å². The van der Waals surface area contributed by atoms with Crippen LogP contribution in [0.2, 0.25) is 0 Å². The van der Waals surface area contributed by atoms with Gasteiger partial charge >= 0.3 is 20.6 Å². The summed E-state index contributed by atoms with van der Waals surface area (Å²) in [6.07, 6.45) is 4.44. The largest absolute Gasteiger partial charge is 0.378 e. The fourth-order valence-electron chi connectivity index (χ4n) is 0.841. The van der Waals surface area contributed by atoms with Crippen LogP contribution in [-0.4, -0.2) is 37.4 Å². The minimum absolute atomic E-state index is 0.100. The van der Waals surface area contributed by atoms with Crippen LogP contribution in [0.15, 0.2) is 33.1 Å². The van der Waals surface area contributed by atoms with Crippen molar-refractivity contribution < 1.29 is 25.9 Å². The van der Waals surface area contributed by atoms with Crippen molar-refractivity contribution in [1.82, 2.24) is 0 Å². The smallest absolute Gasteiger partial charge is 0.268 e. The number of hydrogen-bond donors (Lipinski definition) is 2. The van der Waals surface area contributed by atoms with Crippen molar-refractivity contribution in [3.05, 3.63) is 24.3 Å². The number of allylic oxidation sites excluding steroid dienone is 4. The number of hydrogen-bond acceptors (Lipinski definition) is 4. The fraction of sp³-hybridized carbons (Fsp3) is 0. The molecule has 1 aliphatic carbocycles. The first-order valence-electron chi connectivity index (χ1n) is 3.67. The molecule has 0 aromatic heterocycles. The minimum atomic E-state index is -4.50. The van der Waals surface area contributed by atoms with Crippen molar-refractivity contribution in [2.24, 2.45) is 8.80 Å². The molecule has 0 saturated carbocycles. The zero-order valence-corrected chi connectivity index (χ0v) is 9.18. The van der Waals surface area contributed by atoms with Crippen LogP contribution in [0.3, 0.4) is 0 Å². The summed E-state index contributed by atoms with van der Waals surface area (Å²) in [5, 5.41) is 0. The van der Waals surface area contributed by atoms with Crippen LogP contribution in [0.25, 0.3) is 0 Å². The highest BCUT2D eigenvalue weighted by Gasteiger charge is 2.07. The standard InChI is InChI=1S/C6H6N2O6S2/c9-15(10,11)7-5-1-2-6(4-3-5)8-16(12,13)14/h1-4H,(H,9,10,11)(H,12,13,14). The Hall–Kier alpha value is -1.36. The maximum absolute atomic E-state index is 10.3. The van der Waals surface area contributed by atoms with Crippen molar-refractivity contribution in [1.29, 1.82) is 0 Å². The van der Waals surface area contributed by atoms with Gasteiger partial charge in [0.1, 0.15) is 0 Å². The summed E-state index contributed by atoms with van der Waals surface area (Å²) < 4.78 is 63.9. The molecule has 16 heavy (non-hydrogen) atoms. The summed E-state index contributed by atoms with van der Waals surface area (Å²) in [4.78, 5) is 0. The minimum Gasteiger partial charge on any atom is -0.268 e. The second-order valence-corrected chi connectivity index (χ2v) is 4.75. The quantitative estimate of drug-likeness (QED) is 0.516. The normalized spacial score (nSPS) is 16.4. The first-order chi connectivity index (χ1) is 7.16. The molecule has 0 unspecified atom stereocenters. The third kappa shape index (κ3) is 4.93. The highest BCUT2D eigenvalue weighted by molar-refractivity contribution is 7.84. The van der Waals surface area contributed by atoms with Gasteiger partial charge in [-0.05, 0) is 24.3 Å². The molecular weight excluding hydrogens is 260 g/mol. The molecule has 0 heterocycles. The van der Waals surface area contributed by atoms with Crippen molar-refractivity contribution in [2.45, 2.75) is 0 Å². The lowest BCUT2D eigenvalue weighted by Crippen LogP contribution is -2.05. The highest BCUT2D eigenvalue weighted by atomic mass is 32.2. The van der Waals surface area contributed by atoms with E-state index in [1.54, 1.807) is 0 Å².